The molecule has 1 aromatic carbocycles. The molecule has 0 aliphatic rings. The zero-order chi connectivity index (χ0) is 8.39. The van der Waals surface area contributed by atoms with Gasteiger partial charge in [-0.1, -0.05) is 35.5 Å². The summed E-state index contributed by atoms with van der Waals surface area (Å²) in [6.07, 6.45) is 2.99. The number of rotatable bonds is 1. The molecule has 0 saturated heterocycles. The normalized spacial score (nSPS) is 10.1. The van der Waals surface area contributed by atoms with E-state index in [1.54, 1.807) is 11.7 Å². The maximum Gasteiger partial charge on any atom is 0.122 e. The van der Waals surface area contributed by atoms with E-state index >= 15 is 0 Å². The third kappa shape index (κ3) is 1.21. The van der Waals surface area contributed by atoms with Crippen molar-refractivity contribution in [3.05, 3.63) is 36.5 Å². The van der Waals surface area contributed by atoms with Gasteiger partial charge in [0.25, 0.3) is 0 Å². The summed E-state index contributed by atoms with van der Waals surface area (Å²) in [4.78, 5) is 0. The summed E-state index contributed by atoms with van der Waals surface area (Å²) in [7, 11) is 1.80. The minimum absolute atomic E-state index is 0.790. The molecule has 0 unspecified atom stereocenters. The summed E-state index contributed by atoms with van der Waals surface area (Å²) in [6, 6.07) is 9.89. The van der Waals surface area contributed by atoms with E-state index in [1.165, 1.54) is 0 Å². The number of aryl methyl sites for hydroxylation is 1. The first-order chi connectivity index (χ1) is 5.86. The van der Waals surface area contributed by atoms with E-state index in [4.69, 9.17) is 0 Å². The van der Waals surface area contributed by atoms with Gasteiger partial charge in [-0.25, -0.2) is 4.68 Å². The van der Waals surface area contributed by atoms with Crippen molar-refractivity contribution < 1.29 is 0 Å². The standard InChI is InChI=1S/C9H8N3/c1-12-7-9(10-11-12)8-5-3-2-4-6-8/h2-6H,1H3. The first-order valence-electron chi connectivity index (χ1n) is 3.71. The van der Waals surface area contributed by atoms with Crippen LogP contribution in [0.2, 0.25) is 0 Å². The Balaban J connectivity index is 2.45. The van der Waals surface area contributed by atoms with Crippen LogP contribution >= 0.6 is 0 Å². The highest BCUT2D eigenvalue weighted by Gasteiger charge is 2.00. The molecule has 0 amide bonds. The van der Waals surface area contributed by atoms with Crippen LogP contribution in [0.15, 0.2) is 30.3 Å². The largest absolute Gasteiger partial charge is 0.245 e. The molecule has 1 heterocycles. The van der Waals surface area contributed by atoms with Gasteiger partial charge in [0.15, 0.2) is 0 Å². The van der Waals surface area contributed by atoms with Crippen molar-refractivity contribution in [2.75, 3.05) is 0 Å². The number of hydrogen-bond donors (Lipinski definition) is 0. The monoisotopic (exact) mass is 158 g/mol. The summed E-state index contributed by atoms with van der Waals surface area (Å²) in [6.45, 7) is 0. The van der Waals surface area contributed by atoms with E-state index in [2.05, 4.69) is 16.5 Å². The van der Waals surface area contributed by atoms with Gasteiger partial charge in [0, 0.05) is 12.6 Å². The number of benzene rings is 1. The summed E-state index contributed by atoms with van der Waals surface area (Å²) in [5.41, 5.74) is 1.84. The summed E-state index contributed by atoms with van der Waals surface area (Å²) in [5, 5.41) is 7.75. The molecule has 0 fully saturated rings. The smallest absolute Gasteiger partial charge is 0.122 e. The predicted octanol–water partition coefficient (Wildman–Crippen LogP) is 1.28. The first-order valence-corrected chi connectivity index (χ1v) is 3.71. The highest BCUT2D eigenvalue weighted by atomic mass is 15.4. The first kappa shape index (κ1) is 7.03. The Morgan fingerprint density at radius 1 is 1.25 bits per heavy atom. The summed E-state index contributed by atoms with van der Waals surface area (Å²) < 4.78 is 1.57. The lowest BCUT2D eigenvalue weighted by molar-refractivity contribution is 0.711. The fourth-order valence-corrected chi connectivity index (χ4v) is 1.03. The van der Waals surface area contributed by atoms with Gasteiger partial charge in [0.05, 0.1) is 0 Å². The molecule has 2 rings (SSSR count). The Morgan fingerprint density at radius 3 is 2.58 bits per heavy atom. The summed E-state index contributed by atoms with van der Waals surface area (Å²) >= 11 is 0. The van der Waals surface area contributed by atoms with Gasteiger partial charge in [-0.3, -0.25) is 0 Å². The zero-order valence-electron chi connectivity index (χ0n) is 6.73. The van der Waals surface area contributed by atoms with Crippen LogP contribution in [-0.2, 0) is 7.05 Å². The van der Waals surface area contributed by atoms with Crippen molar-refractivity contribution in [2.45, 2.75) is 0 Å². The van der Waals surface area contributed by atoms with E-state index in [-0.39, 0.29) is 0 Å². The lowest BCUT2D eigenvalue weighted by Crippen LogP contribution is -1.86. The Hall–Kier alpha value is -1.64. The molecule has 0 aliphatic carbocycles. The van der Waals surface area contributed by atoms with Gasteiger partial charge in [-0.15, -0.1) is 5.10 Å². The minimum Gasteiger partial charge on any atom is -0.245 e. The Bertz CT molecular complexity index is 364. The van der Waals surface area contributed by atoms with Gasteiger partial charge in [-0.05, 0) is 0 Å². The molecule has 3 nitrogen and oxygen atoms in total. The second-order valence-corrected chi connectivity index (χ2v) is 2.54. The minimum atomic E-state index is 0.790. The quantitative estimate of drug-likeness (QED) is 0.626. The van der Waals surface area contributed by atoms with Crippen LogP contribution in [0.3, 0.4) is 0 Å². The molecular formula is C9H8N3. The highest BCUT2D eigenvalue weighted by Crippen LogP contribution is 2.13. The van der Waals surface area contributed by atoms with E-state index < -0.39 is 0 Å². The van der Waals surface area contributed by atoms with E-state index in [0.717, 1.165) is 11.3 Å². The Kier molecular flexibility index (Phi) is 1.63. The Labute approximate surface area is 70.6 Å². The fraction of sp³-hybridized carbons (Fsp3) is 0.111. The van der Waals surface area contributed by atoms with Crippen LogP contribution in [0, 0.1) is 6.20 Å². The van der Waals surface area contributed by atoms with Crippen LogP contribution in [0.25, 0.3) is 11.3 Å². The maximum atomic E-state index is 3.94. The molecule has 12 heavy (non-hydrogen) atoms. The predicted molar refractivity (Wildman–Crippen MR) is 45.3 cm³/mol. The molecule has 0 N–H and O–H groups in total. The molecule has 3 heteroatoms. The number of nitrogens with zero attached hydrogens (tertiary/aromatic N) is 3. The number of aromatic nitrogens is 3. The lowest BCUT2D eigenvalue weighted by atomic mass is 10.2. The molecule has 59 valence electrons. The molecular weight excluding hydrogens is 150 g/mol. The molecule has 0 spiro atoms. The van der Waals surface area contributed by atoms with Crippen LogP contribution in [0.4, 0.5) is 0 Å². The van der Waals surface area contributed by atoms with E-state index in [1.807, 2.05) is 30.3 Å². The van der Waals surface area contributed by atoms with Crippen molar-refractivity contribution in [1.82, 2.24) is 15.0 Å². The third-order valence-corrected chi connectivity index (χ3v) is 1.59. The molecule has 0 atom stereocenters. The topological polar surface area (TPSA) is 30.7 Å². The lowest BCUT2D eigenvalue weighted by Gasteiger charge is -1.90. The third-order valence-electron chi connectivity index (χ3n) is 1.59. The molecule has 2 aromatic rings. The van der Waals surface area contributed by atoms with Crippen molar-refractivity contribution >= 4 is 0 Å². The SMILES string of the molecule is Cn1[c]c(-c2ccccc2)nn1. The second kappa shape index (κ2) is 2.77. The second-order valence-electron chi connectivity index (χ2n) is 2.54. The van der Waals surface area contributed by atoms with Gasteiger partial charge >= 0.3 is 0 Å². The van der Waals surface area contributed by atoms with Crippen LogP contribution in [0.5, 0.6) is 0 Å². The fourth-order valence-electron chi connectivity index (χ4n) is 1.03. The van der Waals surface area contributed by atoms with E-state index in [9.17, 15) is 0 Å². The molecule has 0 bridgehead atoms. The molecule has 0 aliphatic heterocycles. The molecule has 1 radical (unpaired) electrons. The van der Waals surface area contributed by atoms with Gasteiger partial charge in [-0.2, -0.15) is 0 Å². The molecule has 1 aromatic heterocycles. The van der Waals surface area contributed by atoms with Gasteiger partial charge in [0.2, 0.25) is 0 Å². The average Bonchev–Trinajstić information content (AvgIpc) is 2.54. The van der Waals surface area contributed by atoms with Crippen LogP contribution < -0.4 is 0 Å². The maximum absolute atomic E-state index is 3.94. The zero-order valence-corrected chi connectivity index (χ0v) is 6.73. The summed E-state index contributed by atoms with van der Waals surface area (Å²) in [5.74, 6) is 0. The van der Waals surface area contributed by atoms with Crippen molar-refractivity contribution in [3.8, 4) is 11.3 Å². The van der Waals surface area contributed by atoms with Crippen molar-refractivity contribution in [3.63, 3.8) is 0 Å². The van der Waals surface area contributed by atoms with Crippen molar-refractivity contribution in [1.29, 1.82) is 0 Å². The van der Waals surface area contributed by atoms with E-state index in [0.29, 0.717) is 0 Å². The van der Waals surface area contributed by atoms with Gasteiger partial charge < -0.3 is 0 Å². The average molecular weight is 158 g/mol. The molecule has 0 saturated carbocycles. The highest BCUT2D eigenvalue weighted by molar-refractivity contribution is 5.56. The van der Waals surface area contributed by atoms with Crippen molar-refractivity contribution in [2.24, 2.45) is 7.05 Å². The number of hydrogen-bond acceptors (Lipinski definition) is 2. The van der Waals surface area contributed by atoms with Crippen LogP contribution in [0.1, 0.15) is 0 Å². The Morgan fingerprint density at radius 2 is 2.00 bits per heavy atom. The van der Waals surface area contributed by atoms with Gasteiger partial charge in [0.1, 0.15) is 11.9 Å². The van der Waals surface area contributed by atoms with Crippen LogP contribution in [-0.4, -0.2) is 15.0 Å².